The first kappa shape index (κ1) is 20.5. The van der Waals surface area contributed by atoms with E-state index in [4.69, 9.17) is 9.47 Å². The second-order valence-electron chi connectivity index (χ2n) is 7.91. The third-order valence-corrected chi connectivity index (χ3v) is 7.64. The van der Waals surface area contributed by atoms with Gasteiger partial charge in [0, 0.05) is 18.3 Å². The lowest BCUT2D eigenvalue weighted by Crippen LogP contribution is -2.50. The lowest BCUT2D eigenvalue weighted by atomic mass is 9.95. The van der Waals surface area contributed by atoms with Gasteiger partial charge in [0.05, 0.1) is 4.90 Å². The van der Waals surface area contributed by atoms with Gasteiger partial charge in [0.15, 0.2) is 11.5 Å². The molecule has 1 amide bonds. The van der Waals surface area contributed by atoms with Crippen LogP contribution >= 0.6 is 0 Å². The van der Waals surface area contributed by atoms with Crippen molar-refractivity contribution in [2.45, 2.75) is 30.8 Å². The third-order valence-electron chi connectivity index (χ3n) is 5.78. The molecular formula is C24H22N2O5S. The predicted molar refractivity (Wildman–Crippen MR) is 119 cm³/mol. The molecule has 0 radical (unpaired) electrons. The average molecular weight is 451 g/mol. The van der Waals surface area contributed by atoms with Gasteiger partial charge in [0.2, 0.25) is 22.7 Å². The summed E-state index contributed by atoms with van der Waals surface area (Å²) in [5.74, 6) is 0.758. The van der Waals surface area contributed by atoms with Crippen LogP contribution in [0.25, 0.3) is 0 Å². The van der Waals surface area contributed by atoms with E-state index in [1.54, 1.807) is 42.5 Å². The van der Waals surface area contributed by atoms with Crippen molar-refractivity contribution >= 4 is 21.6 Å². The number of hydrogen-bond acceptors (Lipinski definition) is 5. The summed E-state index contributed by atoms with van der Waals surface area (Å²) in [6, 6.07) is 18.5. The normalized spacial score (nSPS) is 17.6. The summed E-state index contributed by atoms with van der Waals surface area (Å²) >= 11 is 0. The Morgan fingerprint density at radius 3 is 2.47 bits per heavy atom. The van der Waals surface area contributed by atoms with E-state index in [1.807, 2.05) is 31.2 Å². The fourth-order valence-electron chi connectivity index (χ4n) is 4.02. The predicted octanol–water partition coefficient (Wildman–Crippen LogP) is 3.48. The summed E-state index contributed by atoms with van der Waals surface area (Å²) in [5, 5.41) is 2.85. The van der Waals surface area contributed by atoms with Gasteiger partial charge in [0.25, 0.3) is 0 Å². The van der Waals surface area contributed by atoms with Crippen LogP contribution in [0.4, 0.5) is 5.69 Å². The second-order valence-corrected chi connectivity index (χ2v) is 9.80. The number of rotatable bonds is 4. The maximum absolute atomic E-state index is 13.5. The number of benzene rings is 3. The number of aryl methyl sites for hydroxylation is 1. The Hall–Kier alpha value is -3.36. The highest BCUT2D eigenvalue weighted by Gasteiger charge is 2.39. The molecule has 0 unspecified atom stereocenters. The molecule has 0 aromatic heterocycles. The van der Waals surface area contributed by atoms with Crippen LogP contribution in [0.5, 0.6) is 11.5 Å². The first-order valence-electron chi connectivity index (χ1n) is 10.3. The van der Waals surface area contributed by atoms with Crippen LogP contribution in [0.15, 0.2) is 71.6 Å². The van der Waals surface area contributed by atoms with Crippen LogP contribution in [0.2, 0.25) is 0 Å². The molecule has 3 aromatic carbocycles. The highest BCUT2D eigenvalue weighted by Crippen LogP contribution is 2.35. The fraction of sp³-hybridized carbons (Fsp3) is 0.208. The van der Waals surface area contributed by atoms with Gasteiger partial charge in [-0.1, -0.05) is 42.0 Å². The Labute approximate surface area is 186 Å². The highest BCUT2D eigenvalue weighted by molar-refractivity contribution is 7.89. The molecule has 2 aliphatic heterocycles. The largest absolute Gasteiger partial charge is 0.454 e. The smallest absolute Gasteiger partial charge is 0.244 e. The van der Waals surface area contributed by atoms with Crippen LogP contribution < -0.4 is 14.8 Å². The number of carbonyl (C=O) groups is 1. The van der Waals surface area contributed by atoms with Gasteiger partial charge in [-0.3, -0.25) is 4.79 Å². The molecule has 0 spiro atoms. The molecule has 8 heteroatoms. The van der Waals surface area contributed by atoms with Crippen LogP contribution in [0.3, 0.4) is 0 Å². The topological polar surface area (TPSA) is 84.9 Å². The molecule has 1 atom stereocenters. The summed E-state index contributed by atoms with van der Waals surface area (Å²) < 4.78 is 39.1. The molecule has 0 fully saturated rings. The van der Waals surface area contributed by atoms with Gasteiger partial charge in [-0.05, 0) is 48.7 Å². The number of amides is 1. The molecule has 3 aromatic rings. The minimum absolute atomic E-state index is 0.131. The number of sulfonamides is 1. The van der Waals surface area contributed by atoms with Crippen molar-refractivity contribution in [2.75, 3.05) is 12.1 Å². The van der Waals surface area contributed by atoms with Crippen LogP contribution in [-0.4, -0.2) is 31.5 Å². The molecule has 0 bridgehead atoms. The average Bonchev–Trinajstić information content (AvgIpc) is 3.26. The van der Waals surface area contributed by atoms with Gasteiger partial charge in [-0.2, -0.15) is 4.31 Å². The van der Waals surface area contributed by atoms with Crippen molar-refractivity contribution < 1.29 is 22.7 Å². The molecule has 0 saturated carbocycles. The Kier molecular flexibility index (Phi) is 5.11. The van der Waals surface area contributed by atoms with Gasteiger partial charge >= 0.3 is 0 Å². The van der Waals surface area contributed by atoms with Crippen molar-refractivity contribution in [3.05, 3.63) is 83.4 Å². The standard InChI is InChI=1S/C24H22N2O5S/c1-16-6-9-20(10-7-16)32(28,29)26-14-18-5-3-2-4-17(18)12-21(26)24(27)25-19-8-11-22-23(13-19)31-15-30-22/h2-11,13,21H,12,14-15H2,1H3,(H,25,27)/t21-/m1/s1. The van der Waals surface area contributed by atoms with Crippen molar-refractivity contribution in [3.63, 3.8) is 0 Å². The van der Waals surface area contributed by atoms with E-state index in [9.17, 15) is 13.2 Å². The molecule has 164 valence electrons. The molecule has 7 nitrogen and oxygen atoms in total. The molecular weight excluding hydrogens is 428 g/mol. The van der Waals surface area contributed by atoms with Crippen LogP contribution in [-0.2, 0) is 27.8 Å². The molecule has 5 rings (SSSR count). The fourth-order valence-corrected chi connectivity index (χ4v) is 5.59. The monoisotopic (exact) mass is 450 g/mol. The summed E-state index contributed by atoms with van der Waals surface area (Å²) in [7, 11) is -3.89. The zero-order valence-electron chi connectivity index (χ0n) is 17.4. The van der Waals surface area contributed by atoms with Crippen LogP contribution in [0, 0.1) is 6.92 Å². The minimum atomic E-state index is -3.89. The second kappa shape index (κ2) is 7.96. The lowest BCUT2D eigenvalue weighted by Gasteiger charge is -2.35. The maximum atomic E-state index is 13.5. The van der Waals surface area contributed by atoms with E-state index < -0.39 is 22.0 Å². The third kappa shape index (κ3) is 3.72. The van der Waals surface area contributed by atoms with E-state index in [0.29, 0.717) is 17.2 Å². The number of ether oxygens (including phenoxy) is 2. The summed E-state index contributed by atoms with van der Waals surface area (Å²) in [4.78, 5) is 13.5. The van der Waals surface area contributed by atoms with Gasteiger partial charge in [-0.15, -0.1) is 0 Å². The number of nitrogens with zero attached hydrogens (tertiary/aromatic N) is 1. The van der Waals surface area contributed by atoms with Crippen LogP contribution in [0.1, 0.15) is 16.7 Å². The lowest BCUT2D eigenvalue weighted by molar-refractivity contribution is -0.120. The van der Waals surface area contributed by atoms with E-state index >= 15 is 0 Å². The highest BCUT2D eigenvalue weighted by atomic mass is 32.2. The quantitative estimate of drug-likeness (QED) is 0.658. The Bertz CT molecular complexity index is 1290. The van der Waals surface area contributed by atoms with E-state index in [-0.39, 0.29) is 24.7 Å². The van der Waals surface area contributed by atoms with Crippen molar-refractivity contribution in [1.82, 2.24) is 4.31 Å². The summed E-state index contributed by atoms with van der Waals surface area (Å²) in [6.07, 6.45) is 0.289. The Morgan fingerprint density at radius 1 is 0.969 bits per heavy atom. The van der Waals surface area contributed by atoms with Gasteiger partial charge in [-0.25, -0.2) is 8.42 Å². The molecule has 2 heterocycles. The molecule has 0 saturated heterocycles. The Balaban J connectivity index is 1.49. The molecule has 2 aliphatic rings. The first-order chi connectivity index (χ1) is 15.4. The maximum Gasteiger partial charge on any atom is 0.244 e. The molecule has 32 heavy (non-hydrogen) atoms. The number of hydrogen-bond donors (Lipinski definition) is 1. The summed E-state index contributed by atoms with van der Waals surface area (Å²) in [6.45, 7) is 2.16. The molecule has 1 N–H and O–H groups in total. The van der Waals surface area contributed by atoms with Gasteiger partial charge < -0.3 is 14.8 Å². The Morgan fingerprint density at radius 2 is 1.69 bits per heavy atom. The summed E-state index contributed by atoms with van der Waals surface area (Å²) in [5.41, 5.74) is 3.35. The number of anilines is 1. The van der Waals surface area contributed by atoms with Crippen molar-refractivity contribution in [3.8, 4) is 11.5 Å². The number of nitrogens with one attached hydrogen (secondary N) is 1. The SMILES string of the molecule is Cc1ccc(S(=O)(=O)N2Cc3ccccc3C[C@@H]2C(=O)Nc2ccc3c(c2)OCO3)cc1. The zero-order chi connectivity index (χ0) is 22.3. The molecule has 0 aliphatic carbocycles. The van der Waals surface area contributed by atoms with E-state index in [0.717, 1.165) is 16.7 Å². The zero-order valence-corrected chi connectivity index (χ0v) is 18.3. The van der Waals surface area contributed by atoms with Gasteiger partial charge in [0.1, 0.15) is 6.04 Å². The van der Waals surface area contributed by atoms with E-state index in [1.165, 1.54) is 4.31 Å². The number of carbonyl (C=O) groups excluding carboxylic acids is 1. The number of fused-ring (bicyclic) bond motifs is 2. The minimum Gasteiger partial charge on any atom is -0.454 e. The van der Waals surface area contributed by atoms with Crippen molar-refractivity contribution in [1.29, 1.82) is 0 Å². The first-order valence-corrected chi connectivity index (χ1v) is 11.7. The van der Waals surface area contributed by atoms with Crippen molar-refractivity contribution in [2.24, 2.45) is 0 Å². The van der Waals surface area contributed by atoms with E-state index in [2.05, 4.69) is 5.32 Å².